The number of terminal acetylenes is 1. The van der Waals surface area contributed by atoms with Crippen LogP contribution < -0.4 is 5.32 Å². The minimum Gasteiger partial charge on any atom is -0.301 e. The Morgan fingerprint density at radius 3 is 2.20 bits per heavy atom. The normalized spacial score (nSPS) is 11.0. The van der Waals surface area contributed by atoms with Crippen LogP contribution in [0.3, 0.4) is 0 Å². The van der Waals surface area contributed by atoms with Gasteiger partial charge in [0.25, 0.3) is 0 Å². The maximum absolute atomic E-state index is 5.13. The molecule has 0 aliphatic heterocycles. The lowest BCUT2D eigenvalue weighted by molar-refractivity contribution is 0.348. The van der Waals surface area contributed by atoms with E-state index in [-0.39, 0.29) is 5.54 Å². The second kappa shape index (κ2) is 4.35. The van der Waals surface area contributed by atoms with Gasteiger partial charge in [-0.15, -0.1) is 6.42 Å². The number of rotatable bonds is 4. The van der Waals surface area contributed by atoms with Crippen LogP contribution >= 0.6 is 0 Å². The van der Waals surface area contributed by atoms with Crippen molar-refractivity contribution in [2.75, 3.05) is 6.54 Å². The summed E-state index contributed by atoms with van der Waals surface area (Å²) in [6, 6.07) is 0. The van der Waals surface area contributed by atoms with Gasteiger partial charge in [0.15, 0.2) is 0 Å². The highest BCUT2D eigenvalue weighted by molar-refractivity contribution is 4.91. The maximum Gasteiger partial charge on any atom is 0.0577 e. The van der Waals surface area contributed by atoms with Gasteiger partial charge in [-0.3, -0.25) is 0 Å². The number of nitrogens with one attached hydrogen (secondary N) is 1. The highest BCUT2D eigenvalue weighted by Gasteiger charge is 2.16. The van der Waals surface area contributed by atoms with Gasteiger partial charge >= 0.3 is 0 Å². The van der Waals surface area contributed by atoms with Crippen molar-refractivity contribution in [3.8, 4) is 12.3 Å². The van der Waals surface area contributed by atoms with E-state index in [1.807, 2.05) is 0 Å². The van der Waals surface area contributed by atoms with E-state index in [2.05, 4.69) is 32.0 Å². The molecule has 0 radical (unpaired) electrons. The smallest absolute Gasteiger partial charge is 0.0577 e. The van der Waals surface area contributed by atoms with Crippen LogP contribution in [0.15, 0.2) is 0 Å². The van der Waals surface area contributed by atoms with Crippen molar-refractivity contribution >= 4 is 0 Å². The Morgan fingerprint density at radius 2 is 1.90 bits per heavy atom. The van der Waals surface area contributed by atoms with Crippen molar-refractivity contribution in [1.29, 1.82) is 0 Å². The molecule has 0 saturated carbocycles. The first kappa shape index (κ1) is 9.52. The Labute approximate surface area is 64.2 Å². The van der Waals surface area contributed by atoms with Gasteiger partial charge in [-0.25, -0.2) is 0 Å². The first-order valence-electron chi connectivity index (χ1n) is 3.87. The van der Waals surface area contributed by atoms with Crippen LogP contribution in [-0.2, 0) is 0 Å². The van der Waals surface area contributed by atoms with Crippen LogP contribution in [0.2, 0.25) is 0 Å². The molecule has 10 heavy (non-hydrogen) atoms. The van der Waals surface area contributed by atoms with Gasteiger partial charge in [-0.1, -0.05) is 19.8 Å². The molecule has 0 fully saturated rings. The van der Waals surface area contributed by atoms with Crippen molar-refractivity contribution in [2.45, 2.75) is 39.2 Å². The molecule has 1 N–H and O–H groups in total. The molecule has 0 rings (SSSR count). The Bertz CT molecular complexity index is 117. The van der Waals surface area contributed by atoms with Gasteiger partial charge in [0.2, 0.25) is 0 Å². The fourth-order valence-electron chi connectivity index (χ4n) is 0.764. The zero-order valence-electron chi connectivity index (χ0n) is 7.20. The van der Waals surface area contributed by atoms with Crippen molar-refractivity contribution in [2.24, 2.45) is 0 Å². The molecule has 58 valence electrons. The lowest BCUT2D eigenvalue weighted by Gasteiger charge is -2.27. The molecule has 0 atom stereocenters. The molecular weight excluding hydrogens is 122 g/mol. The fourth-order valence-corrected chi connectivity index (χ4v) is 0.764. The second-order valence-electron chi connectivity index (χ2n) is 2.83. The van der Waals surface area contributed by atoms with Crippen LogP contribution in [0, 0.1) is 12.3 Å². The van der Waals surface area contributed by atoms with E-state index in [4.69, 9.17) is 6.42 Å². The molecule has 0 spiro atoms. The van der Waals surface area contributed by atoms with Crippen molar-refractivity contribution < 1.29 is 0 Å². The molecule has 0 amide bonds. The van der Waals surface area contributed by atoms with E-state index in [0.717, 1.165) is 12.8 Å². The summed E-state index contributed by atoms with van der Waals surface area (Å²) in [5.41, 5.74) is 0.242. The fraction of sp³-hybridized carbons (Fsp3) is 0.778. The van der Waals surface area contributed by atoms with E-state index >= 15 is 0 Å². The van der Waals surface area contributed by atoms with E-state index < -0.39 is 0 Å². The van der Waals surface area contributed by atoms with Gasteiger partial charge in [0, 0.05) is 5.54 Å². The SMILES string of the molecule is C#CCNC(C)(CC)CC. The highest BCUT2D eigenvalue weighted by atomic mass is 14.9. The standard InChI is InChI=1S/C9H17N/c1-5-8-10-9(4,6-2)7-3/h1,10H,6-8H2,2-4H3. The maximum atomic E-state index is 5.13. The summed E-state index contributed by atoms with van der Waals surface area (Å²) in [5.74, 6) is 2.58. The van der Waals surface area contributed by atoms with Crippen LogP contribution in [0.1, 0.15) is 33.6 Å². The molecule has 0 bridgehead atoms. The molecule has 0 aromatic heterocycles. The highest BCUT2D eigenvalue weighted by Crippen LogP contribution is 2.12. The minimum absolute atomic E-state index is 0.242. The lowest BCUT2D eigenvalue weighted by Crippen LogP contribution is -2.41. The molecular formula is C9H17N. The number of hydrogen-bond donors (Lipinski definition) is 1. The van der Waals surface area contributed by atoms with Gasteiger partial charge in [-0.2, -0.15) is 0 Å². The Hall–Kier alpha value is -0.480. The first-order chi connectivity index (χ1) is 4.68. The van der Waals surface area contributed by atoms with Crippen LogP contribution in [0.25, 0.3) is 0 Å². The lowest BCUT2D eigenvalue weighted by atomic mass is 9.96. The van der Waals surface area contributed by atoms with Crippen LogP contribution in [0.5, 0.6) is 0 Å². The molecule has 0 aliphatic rings. The average molecular weight is 139 g/mol. The van der Waals surface area contributed by atoms with E-state index in [0.29, 0.717) is 6.54 Å². The van der Waals surface area contributed by atoms with Crippen molar-refractivity contribution in [3.63, 3.8) is 0 Å². The largest absolute Gasteiger partial charge is 0.301 e. The Morgan fingerprint density at radius 1 is 1.40 bits per heavy atom. The molecule has 1 heteroatoms. The first-order valence-corrected chi connectivity index (χ1v) is 3.87. The molecule has 0 unspecified atom stereocenters. The third kappa shape index (κ3) is 2.89. The Balaban J connectivity index is 3.71. The quantitative estimate of drug-likeness (QED) is 0.585. The van der Waals surface area contributed by atoms with Gasteiger partial charge < -0.3 is 5.32 Å². The predicted octanol–water partition coefficient (Wildman–Crippen LogP) is 1.79. The monoisotopic (exact) mass is 139 g/mol. The zero-order valence-corrected chi connectivity index (χ0v) is 7.20. The summed E-state index contributed by atoms with van der Waals surface area (Å²) in [4.78, 5) is 0. The number of hydrogen-bond acceptors (Lipinski definition) is 1. The van der Waals surface area contributed by atoms with Gasteiger partial charge in [0.05, 0.1) is 6.54 Å². The molecule has 0 aromatic carbocycles. The summed E-state index contributed by atoms with van der Waals surface area (Å²) < 4.78 is 0. The van der Waals surface area contributed by atoms with Gasteiger partial charge in [-0.05, 0) is 19.8 Å². The molecule has 0 saturated heterocycles. The minimum atomic E-state index is 0.242. The topological polar surface area (TPSA) is 12.0 Å². The third-order valence-corrected chi connectivity index (χ3v) is 2.18. The summed E-state index contributed by atoms with van der Waals surface area (Å²) in [6.07, 6.45) is 7.39. The van der Waals surface area contributed by atoms with Crippen molar-refractivity contribution in [1.82, 2.24) is 5.32 Å². The van der Waals surface area contributed by atoms with Crippen molar-refractivity contribution in [3.05, 3.63) is 0 Å². The molecule has 0 aliphatic carbocycles. The Kier molecular flexibility index (Phi) is 4.14. The van der Waals surface area contributed by atoms with Gasteiger partial charge in [0.1, 0.15) is 0 Å². The van der Waals surface area contributed by atoms with E-state index in [9.17, 15) is 0 Å². The molecule has 0 aromatic rings. The molecule has 1 nitrogen and oxygen atoms in total. The summed E-state index contributed by atoms with van der Waals surface area (Å²) >= 11 is 0. The van der Waals surface area contributed by atoms with E-state index in [1.165, 1.54) is 0 Å². The average Bonchev–Trinajstić information content (AvgIpc) is 2.00. The zero-order chi connectivity index (χ0) is 8.04. The van der Waals surface area contributed by atoms with Crippen LogP contribution in [0.4, 0.5) is 0 Å². The summed E-state index contributed by atoms with van der Waals surface area (Å²) in [6.45, 7) is 7.22. The second-order valence-corrected chi connectivity index (χ2v) is 2.83. The third-order valence-electron chi connectivity index (χ3n) is 2.18. The van der Waals surface area contributed by atoms with Crippen LogP contribution in [-0.4, -0.2) is 12.1 Å². The summed E-state index contributed by atoms with van der Waals surface area (Å²) in [7, 11) is 0. The summed E-state index contributed by atoms with van der Waals surface area (Å²) in [5, 5.41) is 3.31. The molecule has 0 heterocycles. The van der Waals surface area contributed by atoms with E-state index in [1.54, 1.807) is 0 Å². The predicted molar refractivity (Wildman–Crippen MR) is 45.8 cm³/mol.